The summed E-state index contributed by atoms with van der Waals surface area (Å²) in [6.45, 7) is 0. The minimum Gasteiger partial charge on any atom is -0.360 e. The molecular weight excluding hydrogens is 340 g/mol. The summed E-state index contributed by atoms with van der Waals surface area (Å²) < 4.78 is 27.3. The molecule has 0 radical (unpaired) electrons. The van der Waals surface area contributed by atoms with E-state index in [9.17, 15) is 13.6 Å². The van der Waals surface area contributed by atoms with Gasteiger partial charge in [0.25, 0.3) is 0 Å². The van der Waals surface area contributed by atoms with E-state index in [1.165, 1.54) is 6.07 Å². The molecule has 1 heterocycles. The quantitative estimate of drug-likeness (QED) is 0.686. The number of ketones is 1. The number of aromatic amines is 1. The van der Waals surface area contributed by atoms with Crippen LogP contribution in [0.4, 0.5) is 8.78 Å². The first-order valence-corrected chi connectivity index (χ1v) is 7.08. The molecule has 0 amide bonds. The Morgan fingerprint density at radius 3 is 2.76 bits per heavy atom. The van der Waals surface area contributed by atoms with E-state index in [2.05, 4.69) is 20.9 Å². The van der Waals surface area contributed by atoms with E-state index in [0.29, 0.717) is 5.56 Å². The summed E-state index contributed by atoms with van der Waals surface area (Å²) in [4.78, 5) is 15.4. The summed E-state index contributed by atoms with van der Waals surface area (Å²) in [7, 11) is 0. The molecule has 2 nitrogen and oxygen atoms in total. The molecule has 3 rings (SSSR count). The number of Topliss-reactive ketones (excluding diaryl/α,β-unsaturated/α-hetero) is 1. The molecule has 106 valence electrons. The van der Waals surface area contributed by atoms with Crippen LogP contribution in [-0.2, 0) is 6.42 Å². The third-order valence-electron chi connectivity index (χ3n) is 3.32. The van der Waals surface area contributed by atoms with Gasteiger partial charge in [-0.25, -0.2) is 8.78 Å². The van der Waals surface area contributed by atoms with Crippen LogP contribution in [0, 0.1) is 11.6 Å². The number of hydrogen-bond acceptors (Lipinski definition) is 1. The Balaban J connectivity index is 1.98. The molecule has 0 spiro atoms. The first kappa shape index (κ1) is 13.9. The highest BCUT2D eigenvalue weighted by Crippen LogP contribution is 2.28. The summed E-state index contributed by atoms with van der Waals surface area (Å²) in [5.41, 5.74) is 1.50. The molecule has 21 heavy (non-hydrogen) atoms. The molecule has 0 aliphatic rings. The normalized spacial score (nSPS) is 11.0. The first-order valence-electron chi connectivity index (χ1n) is 6.29. The number of H-pyrrole nitrogens is 1. The van der Waals surface area contributed by atoms with E-state index in [1.54, 1.807) is 6.20 Å². The van der Waals surface area contributed by atoms with Crippen molar-refractivity contribution in [3.05, 3.63) is 69.8 Å². The molecule has 0 saturated carbocycles. The molecule has 3 aromatic rings. The van der Waals surface area contributed by atoms with Crippen molar-refractivity contribution in [1.82, 2.24) is 4.98 Å². The summed E-state index contributed by atoms with van der Waals surface area (Å²) >= 11 is 3.41. The molecule has 2 aromatic carbocycles. The predicted molar refractivity (Wildman–Crippen MR) is 80.4 cm³/mol. The number of benzene rings is 2. The highest BCUT2D eigenvalue weighted by Gasteiger charge is 2.16. The van der Waals surface area contributed by atoms with Crippen molar-refractivity contribution in [2.45, 2.75) is 6.42 Å². The van der Waals surface area contributed by atoms with Crippen LogP contribution in [-0.4, -0.2) is 10.8 Å². The fourth-order valence-electron chi connectivity index (χ4n) is 2.29. The summed E-state index contributed by atoms with van der Waals surface area (Å²) in [6, 6.07) is 8.79. The third-order valence-corrected chi connectivity index (χ3v) is 3.98. The van der Waals surface area contributed by atoms with Crippen LogP contribution in [0.25, 0.3) is 10.9 Å². The molecule has 0 atom stereocenters. The van der Waals surface area contributed by atoms with Gasteiger partial charge in [0.15, 0.2) is 5.78 Å². The second-order valence-corrected chi connectivity index (χ2v) is 5.55. The van der Waals surface area contributed by atoms with Crippen molar-refractivity contribution in [3.8, 4) is 0 Å². The van der Waals surface area contributed by atoms with Gasteiger partial charge < -0.3 is 4.98 Å². The summed E-state index contributed by atoms with van der Waals surface area (Å²) in [6.07, 6.45) is 1.50. The van der Waals surface area contributed by atoms with Gasteiger partial charge in [-0.15, -0.1) is 0 Å². The molecule has 0 bridgehead atoms. The lowest BCUT2D eigenvalue weighted by Crippen LogP contribution is -2.05. The zero-order chi connectivity index (χ0) is 15.0. The number of carbonyl (C=O) groups excluding carboxylic acids is 1. The van der Waals surface area contributed by atoms with Gasteiger partial charge in [-0.1, -0.05) is 28.1 Å². The van der Waals surface area contributed by atoms with E-state index in [0.717, 1.165) is 27.5 Å². The maximum atomic E-state index is 13.6. The second kappa shape index (κ2) is 5.41. The van der Waals surface area contributed by atoms with Crippen molar-refractivity contribution >= 4 is 32.6 Å². The van der Waals surface area contributed by atoms with E-state index < -0.39 is 11.6 Å². The zero-order valence-electron chi connectivity index (χ0n) is 10.8. The Bertz CT molecular complexity index is 841. The monoisotopic (exact) mass is 349 g/mol. The Hall–Kier alpha value is -2.01. The predicted octanol–water partition coefficient (Wildman–Crippen LogP) is 4.63. The Labute approximate surface area is 127 Å². The first-order chi connectivity index (χ1) is 10.1. The minimum absolute atomic E-state index is 0.111. The van der Waals surface area contributed by atoms with E-state index in [-0.39, 0.29) is 17.8 Å². The van der Waals surface area contributed by atoms with Crippen LogP contribution in [0.2, 0.25) is 0 Å². The van der Waals surface area contributed by atoms with Crippen LogP contribution in [0.15, 0.2) is 47.1 Å². The number of aromatic nitrogens is 1. The maximum Gasteiger partial charge on any atom is 0.169 e. The van der Waals surface area contributed by atoms with Crippen LogP contribution >= 0.6 is 15.9 Å². The van der Waals surface area contributed by atoms with Gasteiger partial charge >= 0.3 is 0 Å². The molecule has 0 fully saturated rings. The van der Waals surface area contributed by atoms with Crippen LogP contribution in [0.5, 0.6) is 0 Å². The molecule has 5 heteroatoms. The topological polar surface area (TPSA) is 32.9 Å². The molecule has 0 saturated heterocycles. The van der Waals surface area contributed by atoms with Crippen molar-refractivity contribution in [2.24, 2.45) is 0 Å². The fourth-order valence-corrected chi connectivity index (χ4v) is 2.87. The Kier molecular flexibility index (Phi) is 3.59. The fraction of sp³-hybridized carbons (Fsp3) is 0.0625. The van der Waals surface area contributed by atoms with Crippen molar-refractivity contribution in [1.29, 1.82) is 0 Å². The average Bonchev–Trinajstić information content (AvgIpc) is 2.87. The summed E-state index contributed by atoms with van der Waals surface area (Å²) in [5.74, 6) is -1.58. The van der Waals surface area contributed by atoms with E-state index >= 15 is 0 Å². The number of halogens is 3. The van der Waals surface area contributed by atoms with Gasteiger partial charge in [0.1, 0.15) is 11.6 Å². The number of fused-ring (bicyclic) bond motifs is 1. The van der Waals surface area contributed by atoms with Crippen molar-refractivity contribution in [3.63, 3.8) is 0 Å². The van der Waals surface area contributed by atoms with E-state index in [4.69, 9.17) is 0 Å². The van der Waals surface area contributed by atoms with Crippen LogP contribution in [0.3, 0.4) is 0 Å². The van der Waals surface area contributed by atoms with Crippen LogP contribution in [0.1, 0.15) is 15.9 Å². The molecule has 0 aliphatic carbocycles. The van der Waals surface area contributed by atoms with Gasteiger partial charge in [-0.05, 0) is 23.8 Å². The molecule has 1 N–H and O–H groups in total. The van der Waals surface area contributed by atoms with Gasteiger partial charge in [0.05, 0.1) is 0 Å². The molecule has 0 unspecified atom stereocenters. The van der Waals surface area contributed by atoms with Gasteiger partial charge in [-0.3, -0.25) is 4.79 Å². The second-order valence-electron chi connectivity index (χ2n) is 4.70. The zero-order valence-corrected chi connectivity index (χ0v) is 12.4. The smallest absolute Gasteiger partial charge is 0.169 e. The Morgan fingerprint density at radius 1 is 1.19 bits per heavy atom. The van der Waals surface area contributed by atoms with Crippen LogP contribution < -0.4 is 0 Å². The lowest BCUT2D eigenvalue weighted by molar-refractivity contribution is 0.0993. The lowest BCUT2D eigenvalue weighted by Gasteiger charge is -2.03. The highest BCUT2D eigenvalue weighted by molar-refractivity contribution is 9.10. The molecule has 0 aliphatic heterocycles. The third kappa shape index (κ3) is 2.61. The molecular formula is C16H10BrF2NO. The SMILES string of the molecule is O=C(Cc1ccc(F)cc1F)c1c[nH]c2cccc(Br)c12. The van der Waals surface area contributed by atoms with Crippen molar-refractivity contribution in [2.75, 3.05) is 0 Å². The summed E-state index contributed by atoms with van der Waals surface area (Å²) in [5, 5.41) is 0.769. The maximum absolute atomic E-state index is 13.6. The number of nitrogens with one attached hydrogen (secondary N) is 1. The number of hydrogen-bond donors (Lipinski definition) is 1. The van der Waals surface area contributed by atoms with Gasteiger partial charge in [0, 0.05) is 39.6 Å². The standard InChI is InChI=1S/C16H10BrF2NO/c17-12-2-1-3-14-16(12)11(8-20-14)15(21)6-9-4-5-10(18)7-13(9)19/h1-5,7-8,20H,6H2. The lowest BCUT2D eigenvalue weighted by atomic mass is 10.0. The number of carbonyl (C=O) groups is 1. The minimum atomic E-state index is -0.706. The Morgan fingerprint density at radius 2 is 2.00 bits per heavy atom. The van der Waals surface area contributed by atoms with Crippen molar-refractivity contribution < 1.29 is 13.6 Å². The average molecular weight is 350 g/mol. The van der Waals surface area contributed by atoms with Gasteiger partial charge in [0.2, 0.25) is 0 Å². The highest BCUT2D eigenvalue weighted by atomic mass is 79.9. The largest absolute Gasteiger partial charge is 0.360 e. The number of rotatable bonds is 3. The van der Waals surface area contributed by atoms with Gasteiger partial charge in [-0.2, -0.15) is 0 Å². The van der Waals surface area contributed by atoms with E-state index in [1.807, 2.05) is 18.2 Å². The molecule has 1 aromatic heterocycles.